The van der Waals surface area contributed by atoms with Crippen molar-refractivity contribution in [3.8, 4) is 0 Å². The molecule has 0 aromatic heterocycles. The molecule has 16 heavy (non-hydrogen) atoms. The van der Waals surface area contributed by atoms with Gasteiger partial charge >= 0.3 is 0 Å². The highest BCUT2D eigenvalue weighted by Crippen LogP contribution is 2.25. The molecule has 1 aliphatic heterocycles. The van der Waals surface area contributed by atoms with Crippen LogP contribution >= 0.6 is 11.8 Å². The van der Waals surface area contributed by atoms with Gasteiger partial charge in [-0.05, 0) is 12.8 Å². The maximum absolute atomic E-state index is 11.6. The van der Waals surface area contributed by atoms with Gasteiger partial charge in [-0.25, -0.2) is 13.4 Å². The highest BCUT2D eigenvalue weighted by atomic mass is 32.2. The van der Waals surface area contributed by atoms with Crippen molar-refractivity contribution in [2.24, 2.45) is 10.7 Å². The van der Waals surface area contributed by atoms with Crippen LogP contribution in [0.3, 0.4) is 0 Å². The average Bonchev–Trinajstić information content (AvgIpc) is 3.00. The summed E-state index contributed by atoms with van der Waals surface area (Å²) in [6.45, 7) is 0.671. The van der Waals surface area contributed by atoms with E-state index in [1.165, 1.54) is 6.26 Å². The minimum atomic E-state index is -3.09. The van der Waals surface area contributed by atoms with Gasteiger partial charge in [-0.3, -0.25) is 0 Å². The molecule has 1 saturated carbocycles. The van der Waals surface area contributed by atoms with Gasteiger partial charge in [0.2, 0.25) is 0 Å². The Morgan fingerprint density at radius 1 is 1.50 bits per heavy atom. The van der Waals surface area contributed by atoms with E-state index in [1.54, 1.807) is 16.7 Å². The van der Waals surface area contributed by atoms with E-state index in [4.69, 9.17) is 5.73 Å². The number of hydrogen-bond acceptors (Lipinski definition) is 4. The molecule has 0 spiro atoms. The first-order valence-electron chi connectivity index (χ1n) is 5.35. The number of aliphatic imine (C=N–C) groups is 1. The largest absolute Gasteiger partial charge is 0.370 e. The zero-order valence-corrected chi connectivity index (χ0v) is 10.9. The van der Waals surface area contributed by atoms with E-state index in [0.29, 0.717) is 24.3 Å². The zero-order valence-electron chi connectivity index (χ0n) is 9.30. The molecular formula is C9H17N3O2S2. The van der Waals surface area contributed by atoms with Crippen LogP contribution in [0.4, 0.5) is 0 Å². The molecule has 5 nitrogen and oxygen atoms in total. The molecule has 1 saturated heterocycles. The molecule has 1 atom stereocenters. The molecule has 1 heterocycles. The van der Waals surface area contributed by atoms with Gasteiger partial charge in [0.1, 0.15) is 5.37 Å². The molecule has 1 unspecified atom stereocenters. The molecule has 0 amide bonds. The summed E-state index contributed by atoms with van der Waals surface area (Å²) in [5, 5.41) is -0.506. The number of sulfone groups is 1. The van der Waals surface area contributed by atoms with Crippen molar-refractivity contribution in [1.29, 1.82) is 0 Å². The number of guanidine groups is 1. The Morgan fingerprint density at radius 3 is 2.75 bits per heavy atom. The SMILES string of the molecule is CS(=O)(=O)C1CSCCN1C(N)=NC1CC1. The van der Waals surface area contributed by atoms with Gasteiger partial charge in [0.25, 0.3) is 0 Å². The summed E-state index contributed by atoms with van der Waals surface area (Å²) >= 11 is 1.65. The van der Waals surface area contributed by atoms with E-state index in [1.807, 2.05) is 0 Å². The van der Waals surface area contributed by atoms with E-state index >= 15 is 0 Å². The standard InChI is InChI=1S/C9H17N3O2S2/c1-16(13,14)8-6-15-5-4-12(8)9(10)11-7-2-3-7/h7-8H,2-6H2,1H3,(H2,10,11). The molecule has 2 N–H and O–H groups in total. The highest BCUT2D eigenvalue weighted by Gasteiger charge is 2.33. The third-order valence-corrected chi connectivity index (χ3v) is 5.38. The van der Waals surface area contributed by atoms with Crippen LogP contribution < -0.4 is 5.73 Å². The predicted molar refractivity (Wildman–Crippen MR) is 67.3 cm³/mol. The summed E-state index contributed by atoms with van der Waals surface area (Å²) in [5.41, 5.74) is 5.88. The van der Waals surface area contributed by atoms with E-state index in [9.17, 15) is 8.42 Å². The van der Waals surface area contributed by atoms with Crippen LogP contribution in [0.5, 0.6) is 0 Å². The third kappa shape index (κ3) is 2.82. The summed E-state index contributed by atoms with van der Waals surface area (Å²) < 4.78 is 23.3. The molecule has 2 fully saturated rings. The molecule has 0 aromatic rings. The monoisotopic (exact) mass is 263 g/mol. The lowest BCUT2D eigenvalue weighted by Gasteiger charge is -2.34. The molecule has 2 rings (SSSR count). The van der Waals surface area contributed by atoms with Crippen molar-refractivity contribution in [3.63, 3.8) is 0 Å². The lowest BCUT2D eigenvalue weighted by molar-refractivity contribution is 0.405. The van der Waals surface area contributed by atoms with E-state index < -0.39 is 15.2 Å². The first-order valence-corrected chi connectivity index (χ1v) is 8.46. The zero-order chi connectivity index (χ0) is 11.8. The van der Waals surface area contributed by atoms with Crippen LogP contribution in [0.2, 0.25) is 0 Å². The fraction of sp³-hybridized carbons (Fsp3) is 0.889. The normalized spacial score (nSPS) is 28.2. The Balaban J connectivity index is 2.15. The summed E-state index contributed by atoms with van der Waals surface area (Å²) in [4.78, 5) is 6.06. The summed E-state index contributed by atoms with van der Waals surface area (Å²) in [5.74, 6) is 1.89. The number of rotatable bonds is 2. The van der Waals surface area contributed by atoms with Gasteiger partial charge in [-0.2, -0.15) is 11.8 Å². The molecule has 92 valence electrons. The minimum absolute atomic E-state index is 0.329. The van der Waals surface area contributed by atoms with Crippen LogP contribution in [0.1, 0.15) is 12.8 Å². The Hall–Kier alpha value is -0.430. The lowest BCUT2D eigenvalue weighted by atomic mass is 10.5. The molecule has 7 heteroatoms. The maximum atomic E-state index is 11.6. The van der Waals surface area contributed by atoms with Crippen molar-refractivity contribution >= 4 is 27.6 Å². The number of hydrogen-bond donors (Lipinski definition) is 1. The van der Waals surface area contributed by atoms with Gasteiger partial charge < -0.3 is 10.6 Å². The summed E-state index contributed by atoms with van der Waals surface area (Å²) in [6, 6.07) is 0.329. The smallest absolute Gasteiger partial charge is 0.192 e. The second-order valence-corrected chi connectivity index (χ2v) is 7.62. The number of nitrogens with two attached hydrogens (primary N) is 1. The molecule has 1 aliphatic carbocycles. The van der Waals surface area contributed by atoms with Crippen molar-refractivity contribution < 1.29 is 8.42 Å². The van der Waals surface area contributed by atoms with E-state index in [2.05, 4.69) is 4.99 Å². The van der Waals surface area contributed by atoms with E-state index in [0.717, 1.165) is 18.6 Å². The molecule has 0 bridgehead atoms. The molecule has 0 radical (unpaired) electrons. The molecular weight excluding hydrogens is 246 g/mol. The number of thioether (sulfide) groups is 1. The van der Waals surface area contributed by atoms with Crippen molar-refractivity contribution in [3.05, 3.63) is 0 Å². The van der Waals surface area contributed by atoms with Crippen molar-refractivity contribution in [1.82, 2.24) is 4.90 Å². The fourth-order valence-electron chi connectivity index (χ4n) is 1.66. The summed E-state index contributed by atoms with van der Waals surface area (Å²) in [7, 11) is -3.09. The van der Waals surface area contributed by atoms with Gasteiger partial charge in [-0.1, -0.05) is 0 Å². The van der Waals surface area contributed by atoms with Gasteiger partial charge in [0, 0.05) is 24.3 Å². The quantitative estimate of drug-likeness (QED) is 0.555. The molecule has 0 aromatic carbocycles. The van der Waals surface area contributed by atoms with E-state index in [-0.39, 0.29) is 0 Å². The van der Waals surface area contributed by atoms with Crippen molar-refractivity contribution in [2.45, 2.75) is 24.3 Å². The summed E-state index contributed by atoms with van der Waals surface area (Å²) in [6.07, 6.45) is 3.42. The average molecular weight is 263 g/mol. The van der Waals surface area contributed by atoms with Crippen LogP contribution in [-0.2, 0) is 9.84 Å². The van der Waals surface area contributed by atoms with Crippen LogP contribution in [0, 0.1) is 0 Å². The number of nitrogens with zero attached hydrogens (tertiary/aromatic N) is 2. The van der Waals surface area contributed by atoms with Gasteiger partial charge in [0.15, 0.2) is 15.8 Å². The first kappa shape index (κ1) is 12.0. The first-order chi connectivity index (χ1) is 7.48. The van der Waals surface area contributed by atoms with Crippen LogP contribution in [-0.4, -0.2) is 55.0 Å². The van der Waals surface area contributed by atoms with Gasteiger partial charge in [-0.15, -0.1) is 0 Å². The predicted octanol–water partition coefficient (Wildman–Crippen LogP) is -0.117. The fourth-order valence-corrected chi connectivity index (χ4v) is 4.49. The van der Waals surface area contributed by atoms with Gasteiger partial charge in [0.05, 0.1) is 6.04 Å². The lowest BCUT2D eigenvalue weighted by Crippen LogP contribution is -2.52. The second-order valence-electron chi connectivity index (χ2n) is 4.27. The topological polar surface area (TPSA) is 75.8 Å². The Morgan fingerprint density at radius 2 is 2.19 bits per heavy atom. The Bertz CT molecular complexity index is 390. The second kappa shape index (κ2) is 4.44. The Labute approximate surface area is 100 Å². The molecule has 2 aliphatic rings. The maximum Gasteiger partial charge on any atom is 0.192 e. The Kier molecular flexibility index (Phi) is 3.34. The third-order valence-electron chi connectivity index (χ3n) is 2.73. The highest BCUT2D eigenvalue weighted by molar-refractivity contribution is 8.00. The van der Waals surface area contributed by atoms with Crippen LogP contribution in [0.25, 0.3) is 0 Å². The van der Waals surface area contributed by atoms with Crippen molar-refractivity contribution in [2.75, 3.05) is 24.3 Å². The minimum Gasteiger partial charge on any atom is -0.370 e. The van der Waals surface area contributed by atoms with Crippen LogP contribution in [0.15, 0.2) is 4.99 Å².